The third kappa shape index (κ3) is 3.32. The lowest BCUT2D eigenvalue weighted by molar-refractivity contribution is -0.112. The van der Waals surface area contributed by atoms with Crippen LogP contribution in [-0.4, -0.2) is 13.5 Å². The van der Waals surface area contributed by atoms with E-state index in [0.29, 0.717) is 11.8 Å². The number of hydrogen-bond acceptors (Lipinski definition) is 1. The third-order valence-corrected chi connectivity index (χ3v) is 4.76. The molecule has 0 N–H and O–H groups in total. The van der Waals surface area contributed by atoms with Gasteiger partial charge in [0, 0.05) is 6.42 Å². The molecule has 0 aromatic carbocycles. The molecule has 0 bridgehead atoms. The Morgan fingerprint density at radius 1 is 1.36 bits per heavy atom. The van der Waals surface area contributed by atoms with Crippen LogP contribution in [0.15, 0.2) is 25.3 Å². The van der Waals surface area contributed by atoms with Crippen molar-refractivity contribution in [2.45, 2.75) is 25.6 Å². The van der Waals surface area contributed by atoms with Gasteiger partial charge < -0.3 is 4.79 Å². The van der Waals surface area contributed by atoms with Crippen molar-refractivity contribution >= 4 is 13.5 Å². The van der Waals surface area contributed by atoms with E-state index in [1.165, 1.54) is 0 Å². The standard InChI is InChI=1S/C9H16OSi/c1-5-7-9(10)11(3,4)8-6-2/h5-6H,1-2,7-8H2,3-4H3. The highest BCUT2D eigenvalue weighted by Crippen LogP contribution is 2.12. The van der Waals surface area contributed by atoms with Gasteiger partial charge in [-0.25, -0.2) is 0 Å². The minimum atomic E-state index is -1.66. The molecule has 0 aliphatic heterocycles. The highest BCUT2D eigenvalue weighted by molar-refractivity contribution is 7.04. The maximum atomic E-state index is 11.4. The highest BCUT2D eigenvalue weighted by Gasteiger charge is 2.26. The van der Waals surface area contributed by atoms with E-state index in [1.54, 1.807) is 6.08 Å². The van der Waals surface area contributed by atoms with Gasteiger partial charge in [-0.3, -0.25) is 0 Å². The highest BCUT2D eigenvalue weighted by atomic mass is 28.3. The van der Waals surface area contributed by atoms with Crippen LogP contribution < -0.4 is 0 Å². The molecule has 0 fully saturated rings. The minimum Gasteiger partial charge on any atom is -0.305 e. The van der Waals surface area contributed by atoms with Crippen molar-refractivity contribution in [2.75, 3.05) is 0 Å². The van der Waals surface area contributed by atoms with Crippen LogP contribution in [-0.2, 0) is 4.79 Å². The van der Waals surface area contributed by atoms with E-state index < -0.39 is 8.07 Å². The van der Waals surface area contributed by atoms with Crippen molar-refractivity contribution in [3.8, 4) is 0 Å². The molecule has 0 aromatic rings. The molecule has 62 valence electrons. The van der Waals surface area contributed by atoms with Gasteiger partial charge in [0.15, 0.2) is 0 Å². The molecule has 0 atom stereocenters. The van der Waals surface area contributed by atoms with Gasteiger partial charge in [0.1, 0.15) is 13.5 Å². The monoisotopic (exact) mass is 168 g/mol. The van der Waals surface area contributed by atoms with E-state index >= 15 is 0 Å². The van der Waals surface area contributed by atoms with E-state index in [2.05, 4.69) is 26.3 Å². The third-order valence-electron chi connectivity index (χ3n) is 1.74. The van der Waals surface area contributed by atoms with E-state index in [1.807, 2.05) is 6.08 Å². The van der Waals surface area contributed by atoms with Crippen molar-refractivity contribution in [2.24, 2.45) is 0 Å². The van der Waals surface area contributed by atoms with Crippen LogP contribution in [0.25, 0.3) is 0 Å². The SMILES string of the molecule is C=CCC(=O)[Si](C)(C)CC=C. The zero-order valence-corrected chi connectivity index (χ0v) is 8.39. The van der Waals surface area contributed by atoms with E-state index in [9.17, 15) is 4.79 Å². The Bertz CT molecular complexity index is 170. The fourth-order valence-electron chi connectivity index (χ4n) is 0.882. The topological polar surface area (TPSA) is 17.1 Å². The van der Waals surface area contributed by atoms with Gasteiger partial charge in [0.2, 0.25) is 0 Å². The Hall–Kier alpha value is -0.633. The Morgan fingerprint density at radius 2 is 1.91 bits per heavy atom. The zero-order valence-electron chi connectivity index (χ0n) is 7.39. The summed E-state index contributed by atoms with van der Waals surface area (Å²) >= 11 is 0. The Kier molecular flexibility index (Phi) is 4.04. The molecule has 0 amide bonds. The molecule has 11 heavy (non-hydrogen) atoms. The Morgan fingerprint density at radius 3 is 2.27 bits per heavy atom. The van der Waals surface area contributed by atoms with Crippen LogP contribution in [0.5, 0.6) is 0 Å². The molecule has 0 aromatic heterocycles. The lowest BCUT2D eigenvalue weighted by Crippen LogP contribution is -2.36. The molecule has 1 nitrogen and oxygen atoms in total. The summed E-state index contributed by atoms with van der Waals surface area (Å²) in [6.45, 7) is 11.3. The first-order chi connectivity index (χ1) is 5.04. The number of carbonyl (C=O) groups excluding carboxylic acids is 1. The molecule has 0 saturated heterocycles. The lowest BCUT2D eigenvalue weighted by Gasteiger charge is -2.16. The Balaban J connectivity index is 4.15. The molecule has 0 rings (SSSR count). The average molecular weight is 168 g/mol. The molecule has 0 saturated carbocycles. The number of allylic oxidation sites excluding steroid dienone is 2. The summed E-state index contributed by atoms with van der Waals surface area (Å²) < 4.78 is 0. The average Bonchev–Trinajstić information content (AvgIpc) is 1.88. The summed E-state index contributed by atoms with van der Waals surface area (Å²) in [6.07, 6.45) is 4.04. The van der Waals surface area contributed by atoms with Crippen LogP contribution in [0.3, 0.4) is 0 Å². The molecule has 0 aliphatic rings. The molecular formula is C9H16OSi. The first kappa shape index (κ1) is 10.4. The van der Waals surface area contributed by atoms with Gasteiger partial charge in [-0.1, -0.05) is 25.2 Å². The minimum absolute atomic E-state index is 0.368. The van der Waals surface area contributed by atoms with Crippen molar-refractivity contribution in [3.63, 3.8) is 0 Å². The van der Waals surface area contributed by atoms with Gasteiger partial charge in [0.25, 0.3) is 0 Å². The van der Waals surface area contributed by atoms with Crippen LogP contribution in [0.4, 0.5) is 0 Å². The van der Waals surface area contributed by atoms with E-state index in [0.717, 1.165) is 6.04 Å². The first-order valence-corrected chi connectivity index (χ1v) is 7.00. The predicted molar refractivity (Wildman–Crippen MR) is 52.3 cm³/mol. The van der Waals surface area contributed by atoms with Crippen LogP contribution in [0.1, 0.15) is 6.42 Å². The molecule has 0 unspecified atom stereocenters. The normalized spacial score (nSPS) is 10.7. The quantitative estimate of drug-likeness (QED) is 0.455. The zero-order chi connectivity index (χ0) is 8.91. The molecule has 0 radical (unpaired) electrons. The maximum Gasteiger partial charge on any atom is 0.131 e. The number of carbonyl (C=O) groups is 1. The molecule has 0 heterocycles. The largest absolute Gasteiger partial charge is 0.305 e. The van der Waals surface area contributed by atoms with E-state index in [4.69, 9.17) is 0 Å². The van der Waals surface area contributed by atoms with Crippen LogP contribution in [0.2, 0.25) is 19.1 Å². The summed E-state index contributed by atoms with van der Waals surface area (Å²) in [5.74, 6) is 0. The predicted octanol–water partition coefficient (Wildman–Crippen LogP) is 2.57. The van der Waals surface area contributed by atoms with Gasteiger partial charge >= 0.3 is 0 Å². The lowest BCUT2D eigenvalue weighted by atomic mass is 10.5. The smallest absolute Gasteiger partial charge is 0.131 e. The Labute approximate surface area is 69.8 Å². The number of rotatable bonds is 5. The van der Waals surface area contributed by atoms with Crippen molar-refractivity contribution in [1.29, 1.82) is 0 Å². The number of hydrogen-bond donors (Lipinski definition) is 0. The van der Waals surface area contributed by atoms with Gasteiger partial charge in [-0.15, -0.1) is 13.2 Å². The van der Waals surface area contributed by atoms with Crippen LogP contribution in [0, 0.1) is 0 Å². The summed E-state index contributed by atoms with van der Waals surface area (Å²) in [5.41, 5.74) is 0. The van der Waals surface area contributed by atoms with Crippen molar-refractivity contribution < 1.29 is 4.79 Å². The summed E-state index contributed by atoms with van der Waals surface area (Å²) in [6, 6.07) is 0.875. The summed E-state index contributed by atoms with van der Waals surface area (Å²) in [4.78, 5) is 11.4. The van der Waals surface area contributed by atoms with Crippen LogP contribution >= 0.6 is 0 Å². The van der Waals surface area contributed by atoms with Crippen molar-refractivity contribution in [3.05, 3.63) is 25.3 Å². The fourth-order valence-corrected chi connectivity index (χ4v) is 2.53. The first-order valence-electron chi connectivity index (χ1n) is 3.79. The van der Waals surface area contributed by atoms with Gasteiger partial charge in [0.05, 0.1) is 0 Å². The summed E-state index contributed by atoms with van der Waals surface area (Å²) in [7, 11) is -1.66. The summed E-state index contributed by atoms with van der Waals surface area (Å²) in [5, 5.41) is 0.368. The second-order valence-electron chi connectivity index (χ2n) is 3.29. The molecule has 0 aliphatic carbocycles. The maximum absolute atomic E-state index is 11.4. The second-order valence-corrected chi connectivity index (χ2v) is 8.03. The molecule has 2 heteroatoms. The molecule has 0 spiro atoms. The second kappa shape index (κ2) is 4.29. The van der Waals surface area contributed by atoms with Crippen molar-refractivity contribution in [1.82, 2.24) is 0 Å². The fraction of sp³-hybridized carbons (Fsp3) is 0.444. The molecular weight excluding hydrogens is 152 g/mol. The van der Waals surface area contributed by atoms with Gasteiger partial charge in [-0.2, -0.15) is 0 Å². The van der Waals surface area contributed by atoms with E-state index in [-0.39, 0.29) is 0 Å². The van der Waals surface area contributed by atoms with Gasteiger partial charge in [-0.05, 0) is 6.04 Å².